The maximum atomic E-state index is 13.4. The number of methoxy groups -OCH3 is 1. The fourth-order valence-corrected chi connectivity index (χ4v) is 2.02. The van der Waals surface area contributed by atoms with Gasteiger partial charge in [-0.2, -0.15) is 13.2 Å². The van der Waals surface area contributed by atoms with Crippen LogP contribution in [0.1, 0.15) is 11.1 Å². The van der Waals surface area contributed by atoms with Gasteiger partial charge in [-0.3, -0.25) is 0 Å². The number of alkyl halides is 3. The number of benzene rings is 2. The molecule has 0 aliphatic carbocycles. The first-order valence-electron chi connectivity index (χ1n) is 5.88. The summed E-state index contributed by atoms with van der Waals surface area (Å²) in [5, 5.41) is 10.3. The summed E-state index contributed by atoms with van der Waals surface area (Å²) in [6, 6.07) is 12.3. The molecule has 20 heavy (non-hydrogen) atoms. The smallest absolute Gasteiger partial charge is 0.425 e. The van der Waals surface area contributed by atoms with Crippen LogP contribution in [0.15, 0.2) is 54.6 Å². The van der Waals surface area contributed by atoms with Gasteiger partial charge in [0.1, 0.15) is 5.75 Å². The van der Waals surface area contributed by atoms with Crippen LogP contribution in [-0.2, 0) is 5.60 Å². The maximum absolute atomic E-state index is 13.4. The highest BCUT2D eigenvalue weighted by Crippen LogP contribution is 2.44. The highest BCUT2D eigenvalue weighted by Gasteiger charge is 2.56. The third-order valence-corrected chi connectivity index (χ3v) is 3.09. The summed E-state index contributed by atoms with van der Waals surface area (Å²) in [4.78, 5) is 0. The van der Waals surface area contributed by atoms with Crippen molar-refractivity contribution in [1.29, 1.82) is 0 Å². The van der Waals surface area contributed by atoms with Gasteiger partial charge < -0.3 is 9.84 Å². The molecule has 0 aliphatic rings. The topological polar surface area (TPSA) is 29.5 Å². The van der Waals surface area contributed by atoms with Crippen molar-refractivity contribution >= 4 is 0 Å². The Kier molecular flexibility index (Phi) is 3.72. The highest BCUT2D eigenvalue weighted by molar-refractivity contribution is 5.41. The molecule has 0 amide bonds. The summed E-state index contributed by atoms with van der Waals surface area (Å²) >= 11 is 0. The fraction of sp³-hybridized carbons (Fsp3) is 0.200. The molecule has 1 N–H and O–H groups in total. The number of hydrogen-bond acceptors (Lipinski definition) is 2. The van der Waals surface area contributed by atoms with Gasteiger partial charge in [0, 0.05) is 5.56 Å². The van der Waals surface area contributed by atoms with E-state index in [4.69, 9.17) is 4.74 Å². The van der Waals surface area contributed by atoms with E-state index in [2.05, 4.69) is 0 Å². The van der Waals surface area contributed by atoms with Gasteiger partial charge in [0.15, 0.2) is 0 Å². The lowest BCUT2D eigenvalue weighted by Gasteiger charge is -2.31. The zero-order valence-electron chi connectivity index (χ0n) is 10.7. The van der Waals surface area contributed by atoms with Crippen LogP contribution in [0.3, 0.4) is 0 Å². The second-order valence-electron chi connectivity index (χ2n) is 4.31. The third kappa shape index (κ3) is 2.36. The van der Waals surface area contributed by atoms with Crippen LogP contribution in [0.25, 0.3) is 0 Å². The fourth-order valence-electron chi connectivity index (χ4n) is 2.02. The molecular weight excluding hydrogens is 269 g/mol. The molecule has 0 saturated carbocycles. The number of hydrogen-bond donors (Lipinski definition) is 1. The predicted molar refractivity (Wildman–Crippen MR) is 68.5 cm³/mol. The number of halogens is 3. The molecule has 0 heterocycles. The van der Waals surface area contributed by atoms with Crippen molar-refractivity contribution in [2.75, 3.05) is 7.11 Å². The largest absolute Gasteiger partial charge is 0.497 e. The molecule has 2 aromatic carbocycles. The Bertz CT molecular complexity index is 581. The predicted octanol–water partition coefficient (Wildman–Crippen LogP) is 3.49. The molecule has 0 fully saturated rings. The minimum Gasteiger partial charge on any atom is -0.497 e. The lowest BCUT2D eigenvalue weighted by atomic mass is 9.85. The number of ether oxygens (including phenoxy) is 1. The molecule has 1 atom stereocenters. The zero-order valence-corrected chi connectivity index (χ0v) is 10.7. The van der Waals surface area contributed by atoms with Crippen molar-refractivity contribution in [2.24, 2.45) is 0 Å². The molecule has 0 aromatic heterocycles. The summed E-state index contributed by atoms with van der Waals surface area (Å²) in [6.07, 6.45) is -4.85. The first-order chi connectivity index (χ1) is 9.39. The molecule has 5 heteroatoms. The Morgan fingerprint density at radius 2 is 1.50 bits per heavy atom. The number of aliphatic hydroxyl groups is 1. The quantitative estimate of drug-likeness (QED) is 0.933. The molecule has 2 rings (SSSR count). The van der Waals surface area contributed by atoms with E-state index >= 15 is 0 Å². The van der Waals surface area contributed by atoms with Crippen molar-refractivity contribution in [1.82, 2.24) is 0 Å². The minimum atomic E-state index is -4.85. The Labute approximate surface area is 114 Å². The van der Waals surface area contributed by atoms with Gasteiger partial charge in [-0.1, -0.05) is 42.5 Å². The molecule has 0 radical (unpaired) electrons. The van der Waals surface area contributed by atoms with E-state index in [0.717, 1.165) is 0 Å². The van der Waals surface area contributed by atoms with E-state index in [-0.39, 0.29) is 16.9 Å². The lowest BCUT2D eigenvalue weighted by Crippen LogP contribution is -2.43. The van der Waals surface area contributed by atoms with E-state index in [1.165, 1.54) is 55.6 Å². The molecule has 2 aromatic rings. The van der Waals surface area contributed by atoms with E-state index < -0.39 is 11.8 Å². The minimum absolute atomic E-state index is 0.235. The van der Waals surface area contributed by atoms with Gasteiger partial charge in [0.05, 0.1) is 7.11 Å². The highest BCUT2D eigenvalue weighted by atomic mass is 19.4. The van der Waals surface area contributed by atoms with Crippen LogP contribution in [-0.4, -0.2) is 18.4 Å². The van der Waals surface area contributed by atoms with E-state index in [0.29, 0.717) is 0 Å². The SMILES string of the molecule is COc1cccc(C(O)(c2ccccc2)C(F)(F)F)c1. The molecule has 2 nitrogen and oxygen atoms in total. The van der Waals surface area contributed by atoms with Gasteiger partial charge in [-0.05, 0) is 17.7 Å². The van der Waals surface area contributed by atoms with Crippen molar-refractivity contribution < 1.29 is 23.0 Å². The summed E-state index contributed by atoms with van der Waals surface area (Å²) in [5.41, 5.74) is -3.58. The van der Waals surface area contributed by atoms with E-state index in [9.17, 15) is 18.3 Å². The van der Waals surface area contributed by atoms with Gasteiger partial charge in [-0.25, -0.2) is 0 Å². The zero-order chi connectivity index (χ0) is 14.8. The monoisotopic (exact) mass is 282 g/mol. The van der Waals surface area contributed by atoms with E-state index in [1.54, 1.807) is 6.07 Å². The average molecular weight is 282 g/mol. The Morgan fingerprint density at radius 1 is 0.900 bits per heavy atom. The second-order valence-corrected chi connectivity index (χ2v) is 4.31. The summed E-state index contributed by atoms with van der Waals surface area (Å²) in [7, 11) is 1.36. The van der Waals surface area contributed by atoms with Gasteiger partial charge in [0.25, 0.3) is 0 Å². The van der Waals surface area contributed by atoms with Crippen LogP contribution in [0, 0.1) is 0 Å². The maximum Gasteiger partial charge on any atom is 0.425 e. The first kappa shape index (κ1) is 14.4. The first-order valence-corrected chi connectivity index (χ1v) is 5.88. The van der Waals surface area contributed by atoms with Gasteiger partial charge >= 0.3 is 6.18 Å². The van der Waals surface area contributed by atoms with Crippen molar-refractivity contribution in [3.05, 3.63) is 65.7 Å². The van der Waals surface area contributed by atoms with E-state index in [1.807, 2.05) is 0 Å². The molecule has 1 unspecified atom stereocenters. The van der Waals surface area contributed by atoms with Crippen LogP contribution < -0.4 is 4.74 Å². The van der Waals surface area contributed by atoms with Crippen LogP contribution in [0.4, 0.5) is 13.2 Å². The molecule has 0 saturated heterocycles. The second kappa shape index (κ2) is 5.17. The summed E-state index contributed by atoms with van der Waals surface area (Å²) < 4.78 is 45.2. The normalized spacial score (nSPS) is 14.7. The third-order valence-electron chi connectivity index (χ3n) is 3.09. The van der Waals surface area contributed by atoms with Crippen LogP contribution >= 0.6 is 0 Å². The lowest BCUT2D eigenvalue weighted by molar-refractivity contribution is -0.248. The van der Waals surface area contributed by atoms with Crippen molar-refractivity contribution in [3.63, 3.8) is 0 Å². The Balaban J connectivity index is 2.64. The average Bonchev–Trinajstić information content (AvgIpc) is 2.46. The Morgan fingerprint density at radius 3 is 2.05 bits per heavy atom. The van der Waals surface area contributed by atoms with Crippen LogP contribution in [0.2, 0.25) is 0 Å². The van der Waals surface area contributed by atoms with Crippen molar-refractivity contribution in [2.45, 2.75) is 11.8 Å². The van der Waals surface area contributed by atoms with Crippen LogP contribution in [0.5, 0.6) is 5.75 Å². The summed E-state index contributed by atoms with van der Waals surface area (Å²) in [6.45, 7) is 0. The molecule has 0 bridgehead atoms. The molecular formula is C15H13F3O2. The van der Waals surface area contributed by atoms with Gasteiger partial charge in [0.2, 0.25) is 5.60 Å². The van der Waals surface area contributed by atoms with Gasteiger partial charge in [-0.15, -0.1) is 0 Å². The molecule has 0 aliphatic heterocycles. The summed E-state index contributed by atoms with van der Waals surface area (Å²) in [5.74, 6) is 0.251. The Hall–Kier alpha value is -2.01. The number of rotatable bonds is 3. The standard InChI is InChI=1S/C15H13F3O2/c1-20-13-9-5-8-12(10-13)14(19,15(16,17)18)11-6-3-2-4-7-11/h2-10,19H,1H3. The molecule has 106 valence electrons. The molecule has 0 spiro atoms. The van der Waals surface area contributed by atoms with Crippen molar-refractivity contribution in [3.8, 4) is 5.75 Å².